The van der Waals surface area contributed by atoms with Crippen molar-refractivity contribution in [3.8, 4) is 6.07 Å². The van der Waals surface area contributed by atoms with Crippen LogP contribution in [0.3, 0.4) is 0 Å². The first-order chi connectivity index (χ1) is 7.77. The molecule has 0 unspecified atom stereocenters. The molecule has 0 spiro atoms. The molecule has 0 heterocycles. The van der Waals surface area contributed by atoms with Gasteiger partial charge in [-0.3, -0.25) is 10.1 Å². The smallest absolute Gasteiger partial charge is 0.258 e. The van der Waals surface area contributed by atoms with Crippen molar-refractivity contribution in [2.24, 2.45) is 0 Å². The average molecular weight is 309 g/mol. The van der Waals surface area contributed by atoms with Crippen molar-refractivity contribution in [1.29, 1.82) is 5.26 Å². The van der Waals surface area contributed by atoms with Crippen LogP contribution < -0.4 is 0 Å². The fourth-order valence-electron chi connectivity index (χ4n) is 1.19. The van der Waals surface area contributed by atoms with Crippen molar-refractivity contribution in [1.82, 2.24) is 0 Å². The molecule has 4 nitrogen and oxygen atoms in total. The van der Waals surface area contributed by atoms with Crippen LogP contribution >= 0.6 is 15.9 Å². The van der Waals surface area contributed by atoms with Crippen molar-refractivity contribution in [3.63, 3.8) is 0 Å². The summed E-state index contributed by atoms with van der Waals surface area (Å²) in [6.45, 7) is 0. The van der Waals surface area contributed by atoms with Gasteiger partial charge in [0.2, 0.25) is 0 Å². The standard InChI is InChI=1S/C9H4BrF3N2O2/c10-8-5(1-2-14)3-6(15(16)17)4-7(8)9(11,12)13/h3-4H,1H2. The van der Waals surface area contributed by atoms with Gasteiger partial charge in [0.1, 0.15) is 0 Å². The van der Waals surface area contributed by atoms with Gasteiger partial charge >= 0.3 is 6.18 Å². The summed E-state index contributed by atoms with van der Waals surface area (Å²) >= 11 is 2.71. The lowest BCUT2D eigenvalue weighted by Crippen LogP contribution is -2.08. The van der Waals surface area contributed by atoms with E-state index in [0.29, 0.717) is 6.07 Å². The SMILES string of the molecule is N#CCc1cc([N+](=O)[O-])cc(C(F)(F)F)c1Br. The molecule has 1 rings (SSSR count). The van der Waals surface area contributed by atoms with Crippen LogP contribution in [0, 0.1) is 21.4 Å². The van der Waals surface area contributed by atoms with Gasteiger partial charge in [0.15, 0.2) is 0 Å². The van der Waals surface area contributed by atoms with Gasteiger partial charge in [0.05, 0.1) is 23.0 Å². The van der Waals surface area contributed by atoms with Crippen molar-refractivity contribution in [2.75, 3.05) is 0 Å². The van der Waals surface area contributed by atoms with Crippen molar-refractivity contribution >= 4 is 21.6 Å². The molecule has 1 aromatic rings. The predicted octanol–water partition coefficient (Wildman–Crippen LogP) is 3.44. The Bertz CT molecular complexity index is 508. The maximum absolute atomic E-state index is 12.6. The molecule has 8 heteroatoms. The topological polar surface area (TPSA) is 66.9 Å². The summed E-state index contributed by atoms with van der Waals surface area (Å²) in [5.41, 5.74) is -1.91. The molecule has 0 saturated carbocycles. The van der Waals surface area contributed by atoms with Crippen LogP contribution in [0.1, 0.15) is 11.1 Å². The zero-order valence-corrected chi connectivity index (χ0v) is 9.67. The van der Waals surface area contributed by atoms with Crippen molar-refractivity contribution < 1.29 is 18.1 Å². The number of hydrogen-bond donors (Lipinski definition) is 0. The fourth-order valence-corrected chi connectivity index (χ4v) is 1.79. The van der Waals surface area contributed by atoms with Crippen LogP contribution in [0.5, 0.6) is 0 Å². The fraction of sp³-hybridized carbons (Fsp3) is 0.222. The minimum atomic E-state index is -4.71. The molecule has 0 saturated heterocycles. The number of nitriles is 1. The zero-order valence-electron chi connectivity index (χ0n) is 8.08. The Balaban J connectivity index is 3.50. The molecule has 0 aliphatic rings. The molecule has 0 amide bonds. The molecular weight excluding hydrogens is 305 g/mol. The lowest BCUT2D eigenvalue weighted by atomic mass is 10.1. The Morgan fingerprint density at radius 3 is 2.47 bits per heavy atom. The second-order valence-electron chi connectivity index (χ2n) is 3.06. The third-order valence-electron chi connectivity index (χ3n) is 1.92. The number of nitrogens with zero attached hydrogens (tertiary/aromatic N) is 2. The molecule has 90 valence electrons. The number of nitro groups is 1. The maximum atomic E-state index is 12.6. The predicted molar refractivity (Wildman–Crippen MR) is 55.1 cm³/mol. The molecule has 0 aliphatic carbocycles. The molecule has 0 aliphatic heterocycles. The third kappa shape index (κ3) is 2.94. The Morgan fingerprint density at radius 2 is 2.06 bits per heavy atom. The highest BCUT2D eigenvalue weighted by molar-refractivity contribution is 9.10. The summed E-state index contributed by atoms with van der Waals surface area (Å²) in [5.74, 6) is 0. The van der Waals surface area contributed by atoms with Gasteiger partial charge in [0.25, 0.3) is 5.69 Å². The minimum Gasteiger partial charge on any atom is -0.258 e. The molecule has 0 N–H and O–H groups in total. The summed E-state index contributed by atoms with van der Waals surface area (Å²) < 4.78 is 37.4. The molecule has 17 heavy (non-hydrogen) atoms. The van der Waals surface area contributed by atoms with E-state index in [0.717, 1.165) is 6.07 Å². The summed E-state index contributed by atoms with van der Waals surface area (Å²) in [7, 11) is 0. The van der Waals surface area contributed by atoms with Crippen LogP contribution in [-0.2, 0) is 12.6 Å². The number of alkyl halides is 3. The maximum Gasteiger partial charge on any atom is 0.417 e. The lowest BCUT2D eigenvalue weighted by molar-refractivity contribution is -0.385. The van der Waals surface area contributed by atoms with Crippen LogP contribution in [0.25, 0.3) is 0 Å². The van der Waals surface area contributed by atoms with Crippen molar-refractivity contribution in [2.45, 2.75) is 12.6 Å². The van der Waals surface area contributed by atoms with Crippen molar-refractivity contribution in [3.05, 3.63) is 37.8 Å². The van der Waals surface area contributed by atoms with Gasteiger partial charge in [0, 0.05) is 16.6 Å². The van der Waals surface area contributed by atoms with Crippen LogP contribution in [0.15, 0.2) is 16.6 Å². The molecular formula is C9H4BrF3N2O2. The number of non-ortho nitro benzene ring substituents is 1. The highest BCUT2D eigenvalue weighted by atomic mass is 79.9. The average Bonchev–Trinajstić information content (AvgIpc) is 2.19. The van der Waals surface area contributed by atoms with Gasteiger partial charge < -0.3 is 0 Å². The second-order valence-corrected chi connectivity index (χ2v) is 3.85. The first kappa shape index (κ1) is 13.4. The van der Waals surface area contributed by atoms with E-state index >= 15 is 0 Å². The number of nitro benzene ring substituents is 1. The summed E-state index contributed by atoms with van der Waals surface area (Å²) in [4.78, 5) is 9.56. The number of halogens is 4. The zero-order chi connectivity index (χ0) is 13.2. The quantitative estimate of drug-likeness (QED) is 0.621. The Labute approximate surface area is 102 Å². The largest absolute Gasteiger partial charge is 0.417 e. The van der Waals surface area contributed by atoms with Crippen LogP contribution in [0.4, 0.5) is 18.9 Å². The van der Waals surface area contributed by atoms with E-state index in [9.17, 15) is 23.3 Å². The first-order valence-electron chi connectivity index (χ1n) is 4.18. The van der Waals surface area contributed by atoms with E-state index in [1.807, 2.05) is 0 Å². The molecule has 0 fully saturated rings. The second kappa shape index (κ2) is 4.71. The highest BCUT2D eigenvalue weighted by Crippen LogP contribution is 2.39. The Hall–Kier alpha value is -1.62. The summed E-state index contributed by atoms with van der Waals surface area (Å²) in [6, 6.07) is 3.03. The van der Waals surface area contributed by atoms with E-state index < -0.39 is 22.4 Å². The van der Waals surface area contributed by atoms with Gasteiger partial charge in [-0.25, -0.2) is 0 Å². The number of hydrogen-bond acceptors (Lipinski definition) is 3. The molecule has 0 radical (unpaired) electrons. The lowest BCUT2D eigenvalue weighted by Gasteiger charge is -2.11. The third-order valence-corrected chi connectivity index (χ3v) is 2.85. The molecule has 0 aromatic heterocycles. The van der Waals surface area contributed by atoms with E-state index in [-0.39, 0.29) is 16.5 Å². The van der Waals surface area contributed by atoms with E-state index in [1.54, 1.807) is 6.07 Å². The monoisotopic (exact) mass is 308 g/mol. The number of benzene rings is 1. The Morgan fingerprint density at radius 1 is 1.47 bits per heavy atom. The Kier molecular flexibility index (Phi) is 3.72. The van der Waals surface area contributed by atoms with Gasteiger partial charge in [-0.2, -0.15) is 18.4 Å². The molecule has 1 aromatic carbocycles. The summed E-state index contributed by atoms with van der Waals surface area (Å²) in [6.07, 6.45) is -5.06. The summed E-state index contributed by atoms with van der Waals surface area (Å²) in [5, 5.41) is 18.9. The van der Waals surface area contributed by atoms with Crippen LogP contribution in [-0.4, -0.2) is 4.92 Å². The minimum absolute atomic E-state index is 0.0611. The number of rotatable bonds is 2. The van der Waals surface area contributed by atoms with E-state index in [2.05, 4.69) is 15.9 Å². The molecule has 0 atom stereocenters. The van der Waals surface area contributed by atoms with E-state index in [4.69, 9.17) is 5.26 Å². The van der Waals surface area contributed by atoms with E-state index in [1.165, 1.54) is 0 Å². The van der Waals surface area contributed by atoms with Gasteiger partial charge in [-0.05, 0) is 21.5 Å². The highest BCUT2D eigenvalue weighted by Gasteiger charge is 2.35. The molecule has 0 bridgehead atoms. The van der Waals surface area contributed by atoms with Gasteiger partial charge in [-0.1, -0.05) is 0 Å². The van der Waals surface area contributed by atoms with Gasteiger partial charge in [-0.15, -0.1) is 0 Å². The first-order valence-corrected chi connectivity index (χ1v) is 4.97. The normalized spacial score (nSPS) is 11.0. The van der Waals surface area contributed by atoms with Crippen LogP contribution in [0.2, 0.25) is 0 Å².